The first kappa shape index (κ1) is 15.2. The van der Waals surface area contributed by atoms with E-state index in [0.29, 0.717) is 0 Å². The first-order chi connectivity index (χ1) is 10.1. The van der Waals surface area contributed by atoms with Gasteiger partial charge in [-0.15, -0.1) is 11.3 Å². The van der Waals surface area contributed by atoms with Crippen LogP contribution in [0.15, 0.2) is 47.8 Å². The summed E-state index contributed by atoms with van der Waals surface area (Å²) in [6.07, 6.45) is -0.169. The van der Waals surface area contributed by atoms with Gasteiger partial charge < -0.3 is 16.8 Å². The molecule has 2 unspecified atom stereocenters. The van der Waals surface area contributed by atoms with Gasteiger partial charge in [0.2, 0.25) is 11.8 Å². The predicted octanol–water partition coefficient (Wildman–Crippen LogP) is 1.16. The number of amides is 2. The molecule has 2 rings (SSSR count). The maximum Gasteiger partial charge on any atom is 0.238 e. The van der Waals surface area contributed by atoms with Gasteiger partial charge >= 0.3 is 0 Å². The summed E-state index contributed by atoms with van der Waals surface area (Å²) in [5.41, 5.74) is 11.7. The number of benzene rings is 1. The summed E-state index contributed by atoms with van der Waals surface area (Å²) in [6.45, 7) is 0. The van der Waals surface area contributed by atoms with Crippen molar-refractivity contribution >= 4 is 23.2 Å². The molecule has 0 bridgehead atoms. The lowest BCUT2D eigenvalue weighted by molar-refractivity contribution is -0.126. The molecule has 21 heavy (non-hydrogen) atoms. The number of hydrogen-bond acceptors (Lipinski definition) is 4. The molecule has 1 aromatic carbocycles. The van der Waals surface area contributed by atoms with Crippen LogP contribution in [0.5, 0.6) is 0 Å². The lowest BCUT2D eigenvalue weighted by atomic mass is 10.0. The highest BCUT2D eigenvalue weighted by atomic mass is 32.1. The molecule has 0 aliphatic heterocycles. The molecular weight excluding hydrogens is 286 g/mol. The Morgan fingerprint density at radius 1 is 1.14 bits per heavy atom. The Hall–Kier alpha value is -2.18. The van der Waals surface area contributed by atoms with Crippen LogP contribution in [0.4, 0.5) is 0 Å². The van der Waals surface area contributed by atoms with E-state index in [-0.39, 0.29) is 12.5 Å². The zero-order valence-corrected chi connectivity index (χ0v) is 12.2. The zero-order valence-electron chi connectivity index (χ0n) is 11.4. The maximum atomic E-state index is 12.1. The molecule has 5 nitrogen and oxygen atoms in total. The van der Waals surface area contributed by atoms with E-state index in [1.165, 1.54) is 0 Å². The molecule has 0 radical (unpaired) electrons. The Bertz CT molecular complexity index is 599. The van der Waals surface area contributed by atoms with Crippen molar-refractivity contribution in [2.45, 2.75) is 18.5 Å². The molecule has 0 saturated heterocycles. The van der Waals surface area contributed by atoms with E-state index in [4.69, 9.17) is 11.5 Å². The Balaban J connectivity index is 2.18. The highest BCUT2D eigenvalue weighted by molar-refractivity contribution is 7.10. The summed E-state index contributed by atoms with van der Waals surface area (Å²) in [6, 6.07) is 12.3. The SMILES string of the molecule is NC(=O)CC(N)C(=O)NC(c1ccccc1)c1cccs1. The van der Waals surface area contributed by atoms with Crippen molar-refractivity contribution in [1.82, 2.24) is 5.32 Å². The average molecular weight is 303 g/mol. The van der Waals surface area contributed by atoms with Crippen molar-refractivity contribution in [3.8, 4) is 0 Å². The molecule has 2 atom stereocenters. The summed E-state index contributed by atoms with van der Waals surface area (Å²) < 4.78 is 0. The van der Waals surface area contributed by atoms with E-state index in [2.05, 4.69) is 5.32 Å². The van der Waals surface area contributed by atoms with Crippen LogP contribution < -0.4 is 16.8 Å². The Labute approximate surface area is 127 Å². The van der Waals surface area contributed by atoms with Gasteiger partial charge in [0, 0.05) is 4.88 Å². The summed E-state index contributed by atoms with van der Waals surface area (Å²) in [7, 11) is 0. The number of carbonyl (C=O) groups is 2. The summed E-state index contributed by atoms with van der Waals surface area (Å²) in [5, 5.41) is 4.82. The number of nitrogens with two attached hydrogens (primary N) is 2. The van der Waals surface area contributed by atoms with Gasteiger partial charge in [0.15, 0.2) is 0 Å². The number of carbonyl (C=O) groups excluding carboxylic acids is 2. The minimum absolute atomic E-state index is 0.169. The van der Waals surface area contributed by atoms with Crippen LogP contribution in [0.2, 0.25) is 0 Å². The highest BCUT2D eigenvalue weighted by Crippen LogP contribution is 2.25. The van der Waals surface area contributed by atoms with Gasteiger partial charge in [-0.25, -0.2) is 0 Å². The Morgan fingerprint density at radius 3 is 2.43 bits per heavy atom. The standard InChI is InChI=1S/C15H17N3O2S/c16-11(9-13(17)19)15(20)18-14(12-7-4-8-21-12)10-5-2-1-3-6-10/h1-8,11,14H,9,16H2,(H2,17,19)(H,18,20). The van der Waals surface area contributed by atoms with Crippen molar-refractivity contribution in [1.29, 1.82) is 0 Å². The number of rotatable bonds is 6. The van der Waals surface area contributed by atoms with Crippen molar-refractivity contribution in [2.24, 2.45) is 11.5 Å². The molecule has 0 saturated carbocycles. The first-order valence-corrected chi connectivity index (χ1v) is 7.38. The van der Waals surface area contributed by atoms with E-state index in [1.54, 1.807) is 11.3 Å². The van der Waals surface area contributed by atoms with Gasteiger partial charge in [-0.2, -0.15) is 0 Å². The lowest BCUT2D eigenvalue weighted by Crippen LogP contribution is -2.44. The van der Waals surface area contributed by atoms with Crippen molar-refractivity contribution in [3.05, 3.63) is 58.3 Å². The zero-order chi connectivity index (χ0) is 15.2. The molecule has 2 aromatic rings. The van der Waals surface area contributed by atoms with E-state index >= 15 is 0 Å². The normalized spacial score (nSPS) is 13.4. The van der Waals surface area contributed by atoms with Crippen molar-refractivity contribution < 1.29 is 9.59 Å². The summed E-state index contributed by atoms with van der Waals surface area (Å²) in [4.78, 5) is 24.0. The van der Waals surface area contributed by atoms with Crippen LogP contribution in [-0.2, 0) is 9.59 Å². The molecule has 5 N–H and O–H groups in total. The minimum atomic E-state index is -0.936. The number of primary amides is 1. The van der Waals surface area contributed by atoms with E-state index in [0.717, 1.165) is 10.4 Å². The largest absolute Gasteiger partial charge is 0.370 e. The van der Waals surface area contributed by atoms with Gasteiger partial charge in [0.1, 0.15) is 0 Å². The summed E-state index contributed by atoms with van der Waals surface area (Å²) in [5.74, 6) is -0.985. The van der Waals surface area contributed by atoms with Gasteiger partial charge in [0.25, 0.3) is 0 Å². The van der Waals surface area contributed by atoms with E-state index in [1.807, 2.05) is 47.8 Å². The van der Waals surface area contributed by atoms with Crippen LogP contribution in [0.3, 0.4) is 0 Å². The molecule has 0 aliphatic rings. The molecule has 0 aliphatic carbocycles. The second kappa shape index (κ2) is 7.01. The first-order valence-electron chi connectivity index (χ1n) is 6.50. The highest BCUT2D eigenvalue weighted by Gasteiger charge is 2.22. The predicted molar refractivity (Wildman–Crippen MR) is 82.5 cm³/mol. The molecule has 2 amide bonds. The smallest absolute Gasteiger partial charge is 0.238 e. The fourth-order valence-corrected chi connectivity index (χ4v) is 2.78. The van der Waals surface area contributed by atoms with E-state index in [9.17, 15) is 9.59 Å². The Morgan fingerprint density at radius 2 is 1.86 bits per heavy atom. The number of thiophene rings is 1. The second-order valence-corrected chi connectivity index (χ2v) is 5.62. The minimum Gasteiger partial charge on any atom is -0.370 e. The Kier molecular flexibility index (Phi) is 5.08. The van der Waals surface area contributed by atoms with Gasteiger partial charge in [-0.3, -0.25) is 9.59 Å². The van der Waals surface area contributed by atoms with E-state index < -0.39 is 17.9 Å². The lowest BCUT2D eigenvalue weighted by Gasteiger charge is -2.20. The number of hydrogen-bond donors (Lipinski definition) is 3. The van der Waals surface area contributed by atoms with Gasteiger partial charge in [-0.05, 0) is 17.0 Å². The molecular formula is C15H17N3O2S. The molecule has 1 heterocycles. The third-order valence-corrected chi connectivity index (χ3v) is 3.94. The maximum absolute atomic E-state index is 12.1. The van der Waals surface area contributed by atoms with Gasteiger partial charge in [-0.1, -0.05) is 36.4 Å². The molecule has 0 fully saturated rings. The number of nitrogens with one attached hydrogen (secondary N) is 1. The quantitative estimate of drug-likeness (QED) is 0.746. The monoisotopic (exact) mass is 303 g/mol. The van der Waals surface area contributed by atoms with Gasteiger partial charge in [0.05, 0.1) is 18.5 Å². The molecule has 0 spiro atoms. The third-order valence-electron chi connectivity index (χ3n) is 3.01. The average Bonchev–Trinajstić information content (AvgIpc) is 2.98. The van der Waals surface area contributed by atoms with Crippen LogP contribution in [0.1, 0.15) is 22.9 Å². The van der Waals surface area contributed by atoms with Crippen LogP contribution >= 0.6 is 11.3 Å². The van der Waals surface area contributed by atoms with Crippen molar-refractivity contribution in [3.63, 3.8) is 0 Å². The fourth-order valence-electron chi connectivity index (χ4n) is 1.98. The topological polar surface area (TPSA) is 98.2 Å². The van der Waals surface area contributed by atoms with Crippen LogP contribution in [0, 0.1) is 0 Å². The van der Waals surface area contributed by atoms with Crippen LogP contribution in [0.25, 0.3) is 0 Å². The van der Waals surface area contributed by atoms with Crippen LogP contribution in [-0.4, -0.2) is 17.9 Å². The molecule has 1 aromatic heterocycles. The second-order valence-electron chi connectivity index (χ2n) is 4.64. The molecule has 110 valence electrons. The summed E-state index contributed by atoms with van der Waals surface area (Å²) >= 11 is 1.55. The van der Waals surface area contributed by atoms with Crippen molar-refractivity contribution in [2.75, 3.05) is 0 Å². The molecule has 6 heteroatoms. The fraction of sp³-hybridized carbons (Fsp3) is 0.200. The third kappa shape index (κ3) is 4.14.